The summed E-state index contributed by atoms with van der Waals surface area (Å²) < 4.78 is 5.69. The molecule has 9 heteroatoms. The smallest absolute Gasteiger partial charge is 0.335 e. The molecule has 1 amide bonds. The Kier molecular flexibility index (Phi) is 12.6. The minimum Gasteiger partial charge on any atom is -0.494 e. The molecule has 2 rings (SSSR count). The number of carbonyl (C=O) groups excluding carboxylic acids is 1. The van der Waals surface area contributed by atoms with E-state index < -0.39 is 23.9 Å². The van der Waals surface area contributed by atoms with Crippen molar-refractivity contribution >= 4 is 30.3 Å². The van der Waals surface area contributed by atoms with Crippen LogP contribution in [0.4, 0.5) is 0 Å². The number of unbranched alkanes of at least 4 members (excludes halogenated alkanes) is 3. The van der Waals surface area contributed by atoms with Crippen molar-refractivity contribution in [2.75, 3.05) is 13.2 Å². The number of rotatable bonds is 14. The van der Waals surface area contributed by atoms with E-state index in [-0.39, 0.29) is 30.8 Å². The summed E-state index contributed by atoms with van der Waals surface area (Å²) >= 11 is 0. The second-order valence-electron chi connectivity index (χ2n) is 7.50. The van der Waals surface area contributed by atoms with Gasteiger partial charge in [-0.25, -0.2) is 9.59 Å². The third kappa shape index (κ3) is 9.93. The number of carboxylic acids is 2. The van der Waals surface area contributed by atoms with Gasteiger partial charge in [0, 0.05) is 6.42 Å². The number of nitrogens with one attached hydrogen (secondary N) is 1. The first kappa shape index (κ1) is 27.9. The Balaban J connectivity index is 0.00000544. The van der Waals surface area contributed by atoms with E-state index >= 15 is 0 Å². The second kappa shape index (κ2) is 14.9. The molecule has 0 aliphatic carbocycles. The van der Waals surface area contributed by atoms with Gasteiger partial charge in [0.05, 0.1) is 18.6 Å². The molecule has 0 aliphatic heterocycles. The molecule has 5 N–H and O–H groups in total. The standard InChI is InChI=1S/C24H30N2O6.ClH/c25-13-5-1-2-6-14-32-19-11-9-17(10-12-19)15-21(24(30)31)26-22(27)16-18-7-3-4-8-20(18)23(28)29;/h3-4,7-12,21H,1-2,5-6,13-16,25H2,(H,26,27)(H,28,29)(H,30,31);1H. The predicted molar refractivity (Wildman–Crippen MR) is 127 cm³/mol. The van der Waals surface area contributed by atoms with Crippen molar-refractivity contribution in [2.24, 2.45) is 5.73 Å². The molecule has 2 aromatic rings. The fourth-order valence-electron chi connectivity index (χ4n) is 3.25. The molecular weight excluding hydrogens is 448 g/mol. The maximum absolute atomic E-state index is 12.4. The van der Waals surface area contributed by atoms with Gasteiger partial charge in [-0.2, -0.15) is 0 Å². The summed E-state index contributed by atoms with van der Waals surface area (Å²) in [6, 6.07) is 12.1. The third-order valence-electron chi connectivity index (χ3n) is 4.96. The van der Waals surface area contributed by atoms with E-state index in [9.17, 15) is 24.6 Å². The van der Waals surface area contributed by atoms with Crippen LogP contribution in [0.25, 0.3) is 0 Å². The van der Waals surface area contributed by atoms with Gasteiger partial charge < -0.3 is 26.0 Å². The minimum absolute atomic E-state index is 0. The van der Waals surface area contributed by atoms with Gasteiger partial charge in [-0.05, 0) is 48.7 Å². The summed E-state index contributed by atoms with van der Waals surface area (Å²) in [7, 11) is 0. The molecule has 0 heterocycles. The lowest BCUT2D eigenvalue weighted by Gasteiger charge is -2.15. The van der Waals surface area contributed by atoms with Gasteiger partial charge in [0.25, 0.3) is 0 Å². The Morgan fingerprint density at radius 2 is 1.61 bits per heavy atom. The molecule has 0 radical (unpaired) electrons. The third-order valence-corrected chi connectivity index (χ3v) is 4.96. The van der Waals surface area contributed by atoms with E-state index in [0.29, 0.717) is 24.5 Å². The van der Waals surface area contributed by atoms with Gasteiger partial charge in [0.15, 0.2) is 0 Å². The number of aromatic carboxylic acids is 1. The fourth-order valence-corrected chi connectivity index (χ4v) is 3.25. The molecule has 1 unspecified atom stereocenters. The number of hydrogen-bond donors (Lipinski definition) is 4. The van der Waals surface area contributed by atoms with Crippen LogP contribution < -0.4 is 15.8 Å². The number of nitrogens with two attached hydrogens (primary N) is 1. The van der Waals surface area contributed by atoms with E-state index in [1.807, 2.05) is 0 Å². The monoisotopic (exact) mass is 478 g/mol. The molecule has 33 heavy (non-hydrogen) atoms. The lowest BCUT2D eigenvalue weighted by atomic mass is 10.0. The summed E-state index contributed by atoms with van der Waals surface area (Å²) in [5, 5.41) is 21.2. The molecule has 1 atom stereocenters. The summed E-state index contributed by atoms with van der Waals surface area (Å²) in [4.78, 5) is 35.3. The average molecular weight is 479 g/mol. The van der Waals surface area contributed by atoms with E-state index in [1.165, 1.54) is 12.1 Å². The first-order chi connectivity index (χ1) is 15.4. The highest BCUT2D eigenvalue weighted by molar-refractivity contribution is 5.92. The van der Waals surface area contributed by atoms with E-state index in [0.717, 1.165) is 31.2 Å². The molecule has 0 aromatic heterocycles. The largest absolute Gasteiger partial charge is 0.494 e. The molecule has 0 bridgehead atoms. The van der Waals surface area contributed by atoms with E-state index in [2.05, 4.69) is 5.32 Å². The Hall–Kier alpha value is -3.10. The lowest BCUT2D eigenvalue weighted by Crippen LogP contribution is -2.43. The molecule has 0 fully saturated rings. The zero-order valence-electron chi connectivity index (χ0n) is 18.4. The summed E-state index contributed by atoms with van der Waals surface area (Å²) in [5.41, 5.74) is 6.55. The van der Waals surface area contributed by atoms with Crippen molar-refractivity contribution in [3.05, 3.63) is 65.2 Å². The van der Waals surface area contributed by atoms with Crippen molar-refractivity contribution in [3.8, 4) is 5.75 Å². The molecule has 8 nitrogen and oxygen atoms in total. The number of carboxylic acid groups (broad SMARTS) is 2. The predicted octanol–water partition coefficient (Wildman–Crippen LogP) is 3.06. The number of aliphatic carboxylic acids is 1. The van der Waals surface area contributed by atoms with Gasteiger partial charge in [0.2, 0.25) is 5.91 Å². The molecule has 0 saturated carbocycles. The van der Waals surface area contributed by atoms with Gasteiger partial charge in [-0.1, -0.05) is 43.2 Å². The van der Waals surface area contributed by atoms with Crippen LogP contribution in [0.5, 0.6) is 5.75 Å². The molecule has 0 aliphatic rings. The Bertz CT molecular complexity index is 904. The van der Waals surface area contributed by atoms with Crippen molar-refractivity contribution in [3.63, 3.8) is 0 Å². The Labute approximate surface area is 199 Å². The van der Waals surface area contributed by atoms with Crippen LogP contribution in [0.3, 0.4) is 0 Å². The van der Waals surface area contributed by atoms with Crippen LogP contribution in [-0.2, 0) is 22.4 Å². The quantitative estimate of drug-likeness (QED) is 0.306. The molecular formula is C24H31ClN2O6. The van der Waals surface area contributed by atoms with Crippen LogP contribution in [0.1, 0.15) is 47.2 Å². The Morgan fingerprint density at radius 3 is 2.24 bits per heavy atom. The zero-order valence-corrected chi connectivity index (χ0v) is 19.2. The van der Waals surface area contributed by atoms with Crippen LogP contribution in [0, 0.1) is 0 Å². The molecule has 0 saturated heterocycles. The lowest BCUT2D eigenvalue weighted by molar-refractivity contribution is -0.141. The average Bonchev–Trinajstić information content (AvgIpc) is 2.77. The highest BCUT2D eigenvalue weighted by Crippen LogP contribution is 2.15. The number of halogens is 1. The summed E-state index contributed by atoms with van der Waals surface area (Å²) in [6.07, 6.45) is 3.99. The first-order valence-corrected chi connectivity index (χ1v) is 10.7. The number of carbonyl (C=O) groups is 3. The number of benzene rings is 2. The van der Waals surface area contributed by atoms with Crippen LogP contribution in [0.15, 0.2) is 48.5 Å². The van der Waals surface area contributed by atoms with E-state index in [1.54, 1.807) is 36.4 Å². The SMILES string of the molecule is Cl.NCCCCCCOc1ccc(CC(NC(=O)Cc2ccccc2C(=O)O)C(=O)O)cc1. The van der Waals surface area contributed by atoms with Crippen LogP contribution in [0.2, 0.25) is 0 Å². The number of hydrogen-bond acceptors (Lipinski definition) is 5. The van der Waals surface area contributed by atoms with Crippen LogP contribution >= 0.6 is 12.4 Å². The van der Waals surface area contributed by atoms with Gasteiger partial charge >= 0.3 is 11.9 Å². The number of amides is 1. The summed E-state index contributed by atoms with van der Waals surface area (Å²) in [6.45, 7) is 1.31. The maximum Gasteiger partial charge on any atom is 0.335 e. The van der Waals surface area contributed by atoms with Crippen LogP contribution in [-0.4, -0.2) is 47.3 Å². The van der Waals surface area contributed by atoms with Crippen molar-refractivity contribution in [1.29, 1.82) is 0 Å². The van der Waals surface area contributed by atoms with Gasteiger partial charge in [0.1, 0.15) is 11.8 Å². The van der Waals surface area contributed by atoms with Crippen molar-refractivity contribution < 1.29 is 29.3 Å². The normalized spacial score (nSPS) is 11.2. The summed E-state index contributed by atoms with van der Waals surface area (Å²) in [5.74, 6) is -2.15. The topological polar surface area (TPSA) is 139 Å². The van der Waals surface area contributed by atoms with Crippen molar-refractivity contribution in [2.45, 2.75) is 44.6 Å². The highest BCUT2D eigenvalue weighted by Gasteiger charge is 2.21. The molecule has 2 aromatic carbocycles. The van der Waals surface area contributed by atoms with Gasteiger partial charge in [-0.15, -0.1) is 12.4 Å². The fraction of sp³-hybridized carbons (Fsp3) is 0.375. The number of ether oxygens (including phenoxy) is 1. The zero-order chi connectivity index (χ0) is 23.3. The molecule has 0 spiro atoms. The Morgan fingerprint density at radius 1 is 0.939 bits per heavy atom. The van der Waals surface area contributed by atoms with Crippen molar-refractivity contribution in [1.82, 2.24) is 5.32 Å². The minimum atomic E-state index is -1.16. The molecule has 180 valence electrons. The van der Waals surface area contributed by atoms with E-state index in [4.69, 9.17) is 10.5 Å². The highest BCUT2D eigenvalue weighted by atomic mass is 35.5. The second-order valence-corrected chi connectivity index (χ2v) is 7.50. The first-order valence-electron chi connectivity index (χ1n) is 10.7. The van der Waals surface area contributed by atoms with Gasteiger partial charge in [-0.3, -0.25) is 4.79 Å². The maximum atomic E-state index is 12.4.